The number of rotatable bonds is 4. The summed E-state index contributed by atoms with van der Waals surface area (Å²) in [5, 5.41) is 12.7. The van der Waals surface area contributed by atoms with E-state index < -0.39 is 0 Å². The summed E-state index contributed by atoms with van der Waals surface area (Å²) in [6, 6.07) is 0.310. The Morgan fingerprint density at radius 3 is 2.80 bits per heavy atom. The van der Waals surface area contributed by atoms with Crippen molar-refractivity contribution >= 4 is 17.3 Å². The minimum atomic E-state index is 0.310. The Labute approximate surface area is 153 Å². The number of thiazole rings is 1. The lowest BCUT2D eigenvalue weighted by molar-refractivity contribution is 0.391. The molecule has 0 aliphatic carbocycles. The summed E-state index contributed by atoms with van der Waals surface area (Å²) >= 11 is 1.73. The maximum Gasteiger partial charge on any atom is 0.191 e. The third kappa shape index (κ3) is 4.18. The Bertz CT molecular complexity index is 759. The van der Waals surface area contributed by atoms with E-state index in [0.717, 1.165) is 54.2 Å². The molecule has 2 aromatic heterocycles. The molecule has 0 fully saturated rings. The first-order valence-electron chi connectivity index (χ1n) is 8.80. The molecule has 1 atom stereocenters. The Hall–Kier alpha value is -1.96. The Morgan fingerprint density at radius 2 is 2.16 bits per heavy atom. The number of hydrogen-bond acceptors (Lipinski definition) is 5. The zero-order valence-electron chi connectivity index (χ0n) is 15.6. The van der Waals surface area contributed by atoms with Gasteiger partial charge < -0.3 is 10.6 Å². The molecule has 1 aliphatic heterocycles. The van der Waals surface area contributed by atoms with Crippen LogP contribution in [0.5, 0.6) is 0 Å². The summed E-state index contributed by atoms with van der Waals surface area (Å²) < 4.78 is 2.04. The van der Waals surface area contributed by atoms with Crippen molar-refractivity contribution < 1.29 is 0 Å². The number of aryl methyl sites for hydroxylation is 3. The van der Waals surface area contributed by atoms with Crippen LogP contribution in [0.25, 0.3) is 0 Å². The number of nitrogens with zero attached hydrogens (tertiary/aromatic N) is 5. The van der Waals surface area contributed by atoms with Crippen molar-refractivity contribution in [1.82, 2.24) is 30.4 Å². The van der Waals surface area contributed by atoms with Crippen LogP contribution in [-0.4, -0.2) is 38.8 Å². The summed E-state index contributed by atoms with van der Waals surface area (Å²) in [4.78, 5) is 14.7. The second-order valence-electron chi connectivity index (χ2n) is 6.77. The maximum absolute atomic E-state index is 4.64. The molecule has 0 bridgehead atoms. The van der Waals surface area contributed by atoms with Crippen molar-refractivity contribution in [1.29, 1.82) is 0 Å². The molecular weight excluding hydrogens is 334 g/mol. The van der Waals surface area contributed by atoms with Gasteiger partial charge in [-0.15, -0.1) is 11.3 Å². The molecule has 0 spiro atoms. The number of nitrogens with one attached hydrogen (secondary N) is 2. The summed E-state index contributed by atoms with van der Waals surface area (Å²) in [7, 11) is 1.81. The Kier molecular flexibility index (Phi) is 5.36. The van der Waals surface area contributed by atoms with Gasteiger partial charge in [-0.3, -0.25) is 4.99 Å². The van der Waals surface area contributed by atoms with E-state index in [4.69, 9.17) is 0 Å². The van der Waals surface area contributed by atoms with E-state index in [0.29, 0.717) is 12.0 Å². The van der Waals surface area contributed by atoms with Crippen LogP contribution in [-0.2, 0) is 19.5 Å². The summed E-state index contributed by atoms with van der Waals surface area (Å²) in [5.74, 6) is 3.22. The van der Waals surface area contributed by atoms with Gasteiger partial charge in [0.1, 0.15) is 5.82 Å². The quantitative estimate of drug-likeness (QED) is 0.644. The lowest BCUT2D eigenvalue weighted by atomic mass is 10.1. The van der Waals surface area contributed by atoms with Gasteiger partial charge in [-0.2, -0.15) is 5.10 Å². The lowest BCUT2D eigenvalue weighted by Crippen LogP contribution is -2.46. The number of guanidine groups is 1. The summed E-state index contributed by atoms with van der Waals surface area (Å²) in [6.45, 7) is 9.93. The normalized spacial score (nSPS) is 17.7. The fourth-order valence-electron chi connectivity index (χ4n) is 2.98. The van der Waals surface area contributed by atoms with Crippen LogP contribution < -0.4 is 10.6 Å². The lowest BCUT2D eigenvalue weighted by Gasteiger charge is -2.25. The highest BCUT2D eigenvalue weighted by Gasteiger charge is 2.23. The zero-order chi connectivity index (χ0) is 18.0. The molecule has 3 rings (SSSR count). The molecule has 0 saturated carbocycles. The van der Waals surface area contributed by atoms with Crippen LogP contribution in [0.2, 0.25) is 0 Å². The van der Waals surface area contributed by atoms with Crippen molar-refractivity contribution in [2.75, 3.05) is 7.05 Å². The average molecular weight is 362 g/mol. The molecule has 2 N–H and O–H groups in total. The molecule has 1 unspecified atom stereocenters. The molecule has 2 aromatic rings. The SMILES string of the molecule is CN=C(NCc1sc(C)nc1C)NC1CCc2nc(C(C)C)nn2C1. The fraction of sp³-hybridized carbons (Fsp3) is 0.647. The Morgan fingerprint density at radius 1 is 1.36 bits per heavy atom. The molecule has 0 saturated heterocycles. The molecule has 0 amide bonds. The predicted octanol–water partition coefficient (Wildman–Crippen LogP) is 2.15. The molecule has 0 radical (unpaired) electrons. The van der Waals surface area contributed by atoms with Gasteiger partial charge in [-0.05, 0) is 20.3 Å². The maximum atomic E-state index is 4.64. The van der Waals surface area contributed by atoms with Gasteiger partial charge in [0.15, 0.2) is 11.8 Å². The van der Waals surface area contributed by atoms with Crippen LogP contribution in [0.15, 0.2) is 4.99 Å². The van der Waals surface area contributed by atoms with Crippen molar-refractivity contribution in [3.63, 3.8) is 0 Å². The van der Waals surface area contributed by atoms with E-state index in [1.54, 1.807) is 18.4 Å². The largest absolute Gasteiger partial charge is 0.352 e. The van der Waals surface area contributed by atoms with E-state index >= 15 is 0 Å². The number of aliphatic imine (C=N–C) groups is 1. The summed E-state index contributed by atoms with van der Waals surface area (Å²) in [5.41, 5.74) is 1.09. The minimum Gasteiger partial charge on any atom is -0.352 e. The smallest absolute Gasteiger partial charge is 0.191 e. The standard InChI is InChI=1S/C17H27N7S/c1-10(2)16-22-15-7-6-13(9-24(15)23-16)21-17(18-5)19-8-14-11(3)20-12(4)25-14/h10,13H,6-9H2,1-5H3,(H2,18,19,21). The molecule has 7 nitrogen and oxygen atoms in total. The van der Waals surface area contributed by atoms with Gasteiger partial charge in [-0.25, -0.2) is 14.6 Å². The van der Waals surface area contributed by atoms with E-state index in [2.05, 4.69) is 51.5 Å². The second kappa shape index (κ2) is 7.51. The van der Waals surface area contributed by atoms with Gasteiger partial charge in [0.2, 0.25) is 0 Å². The number of aromatic nitrogens is 4. The predicted molar refractivity (Wildman–Crippen MR) is 101 cm³/mol. The minimum absolute atomic E-state index is 0.310. The molecule has 0 aromatic carbocycles. The van der Waals surface area contributed by atoms with Crippen LogP contribution >= 0.6 is 11.3 Å². The first-order chi connectivity index (χ1) is 12.0. The average Bonchev–Trinajstić information content (AvgIpc) is 3.13. The van der Waals surface area contributed by atoms with Crippen molar-refractivity contribution in [3.05, 3.63) is 27.2 Å². The third-order valence-electron chi connectivity index (χ3n) is 4.37. The van der Waals surface area contributed by atoms with Gasteiger partial charge in [0.25, 0.3) is 0 Å². The van der Waals surface area contributed by atoms with Gasteiger partial charge >= 0.3 is 0 Å². The van der Waals surface area contributed by atoms with E-state index in [1.165, 1.54) is 4.88 Å². The van der Waals surface area contributed by atoms with Crippen LogP contribution in [0.4, 0.5) is 0 Å². The monoisotopic (exact) mass is 361 g/mol. The molecule has 25 heavy (non-hydrogen) atoms. The highest BCUT2D eigenvalue weighted by atomic mass is 32.1. The summed E-state index contributed by atoms with van der Waals surface area (Å²) in [6.07, 6.45) is 1.98. The van der Waals surface area contributed by atoms with Crippen molar-refractivity contribution in [2.45, 2.75) is 65.6 Å². The van der Waals surface area contributed by atoms with E-state index in [1.807, 2.05) is 11.6 Å². The van der Waals surface area contributed by atoms with Gasteiger partial charge in [0.05, 0.1) is 23.8 Å². The van der Waals surface area contributed by atoms with Gasteiger partial charge in [0, 0.05) is 30.3 Å². The number of hydrogen-bond donors (Lipinski definition) is 2. The van der Waals surface area contributed by atoms with E-state index in [9.17, 15) is 0 Å². The van der Waals surface area contributed by atoms with Crippen LogP contribution in [0.3, 0.4) is 0 Å². The highest BCUT2D eigenvalue weighted by molar-refractivity contribution is 7.11. The third-order valence-corrected chi connectivity index (χ3v) is 5.44. The first kappa shape index (κ1) is 17.8. The topological polar surface area (TPSA) is 80.0 Å². The Balaban J connectivity index is 1.58. The van der Waals surface area contributed by atoms with Gasteiger partial charge in [-0.1, -0.05) is 13.8 Å². The fourth-order valence-corrected chi connectivity index (χ4v) is 3.86. The second-order valence-corrected chi connectivity index (χ2v) is 8.06. The molecule has 136 valence electrons. The molecular formula is C17H27N7S. The zero-order valence-corrected chi connectivity index (χ0v) is 16.4. The van der Waals surface area contributed by atoms with E-state index in [-0.39, 0.29) is 0 Å². The molecule has 3 heterocycles. The van der Waals surface area contributed by atoms with Crippen molar-refractivity contribution in [2.24, 2.45) is 4.99 Å². The van der Waals surface area contributed by atoms with Crippen molar-refractivity contribution in [3.8, 4) is 0 Å². The molecule has 8 heteroatoms. The van der Waals surface area contributed by atoms with Crippen LogP contribution in [0.1, 0.15) is 53.4 Å². The number of fused-ring (bicyclic) bond motifs is 1. The van der Waals surface area contributed by atoms with Crippen LogP contribution in [0, 0.1) is 13.8 Å². The highest BCUT2D eigenvalue weighted by Crippen LogP contribution is 2.18. The molecule has 1 aliphatic rings. The first-order valence-corrected chi connectivity index (χ1v) is 9.61.